The summed E-state index contributed by atoms with van der Waals surface area (Å²) in [5, 5.41) is 4.01. The molecule has 0 radical (unpaired) electrons. The molecule has 92 valence electrons. The fraction of sp³-hybridized carbons (Fsp3) is 0.700. The van der Waals surface area contributed by atoms with Crippen LogP contribution in [0.1, 0.15) is 32.7 Å². The number of rotatable bonds is 5. The molecule has 0 aromatic carbocycles. The molecule has 0 bridgehead atoms. The summed E-state index contributed by atoms with van der Waals surface area (Å²) in [6, 6.07) is 0.215. The Morgan fingerprint density at radius 1 is 1.44 bits per heavy atom. The van der Waals surface area contributed by atoms with Gasteiger partial charge in [0.1, 0.15) is 0 Å². The number of alkyl halides is 3. The van der Waals surface area contributed by atoms with Crippen LogP contribution in [-0.4, -0.2) is 22.6 Å². The van der Waals surface area contributed by atoms with Crippen LogP contribution < -0.4 is 4.74 Å². The maximum Gasteiger partial charge on any atom is 0.389 e. The highest BCUT2D eigenvalue weighted by molar-refractivity contribution is 5.11. The molecule has 1 aromatic heterocycles. The second-order valence-corrected chi connectivity index (χ2v) is 3.82. The van der Waals surface area contributed by atoms with E-state index >= 15 is 0 Å². The number of hydrogen-bond donors (Lipinski definition) is 0. The molecule has 0 amide bonds. The van der Waals surface area contributed by atoms with Gasteiger partial charge in [-0.15, -0.1) is 0 Å². The Labute approximate surface area is 92.2 Å². The first-order valence-electron chi connectivity index (χ1n) is 5.12. The average molecular weight is 236 g/mol. The van der Waals surface area contributed by atoms with Crippen molar-refractivity contribution in [3.8, 4) is 5.75 Å². The summed E-state index contributed by atoms with van der Waals surface area (Å²) in [6.07, 6.45) is -1.76. The Kier molecular flexibility index (Phi) is 4.20. The third-order valence-corrected chi connectivity index (χ3v) is 1.98. The van der Waals surface area contributed by atoms with Gasteiger partial charge >= 0.3 is 6.18 Å². The first kappa shape index (κ1) is 12.9. The SMILES string of the molecule is CC(C)n1cc(OCCCC(F)(F)F)cn1. The van der Waals surface area contributed by atoms with Crippen LogP contribution in [0.4, 0.5) is 13.2 Å². The molecule has 0 aliphatic carbocycles. The Hall–Kier alpha value is -1.20. The van der Waals surface area contributed by atoms with Crippen LogP contribution in [0.25, 0.3) is 0 Å². The van der Waals surface area contributed by atoms with Crippen molar-refractivity contribution in [2.24, 2.45) is 0 Å². The number of hydrogen-bond acceptors (Lipinski definition) is 2. The van der Waals surface area contributed by atoms with E-state index in [9.17, 15) is 13.2 Å². The molecule has 0 spiro atoms. The molecule has 0 fully saturated rings. The molecule has 6 heteroatoms. The second-order valence-electron chi connectivity index (χ2n) is 3.82. The minimum absolute atomic E-state index is 0.0314. The summed E-state index contributed by atoms with van der Waals surface area (Å²) in [6.45, 7) is 3.98. The van der Waals surface area contributed by atoms with Crippen molar-refractivity contribution in [1.82, 2.24) is 9.78 Å². The van der Waals surface area contributed by atoms with E-state index in [0.29, 0.717) is 5.75 Å². The molecule has 16 heavy (non-hydrogen) atoms. The normalized spacial score (nSPS) is 12.1. The first-order valence-corrected chi connectivity index (χ1v) is 5.12. The number of nitrogens with zero attached hydrogens (tertiary/aromatic N) is 2. The van der Waals surface area contributed by atoms with E-state index in [-0.39, 0.29) is 19.1 Å². The summed E-state index contributed by atoms with van der Waals surface area (Å²) in [4.78, 5) is 0. The van der Waals surface area contributed by atoms with Gasteiger partial charge in [-0.05, 0) is 20.3 Å². The van der Waals surface area contributed by atoms with Crippen LogP contribution in [0, 0.1) is 0 Å². The smallest absolute Gasteiger partial charge is 0.389 e. The van der Waals surface area contributed by atoms with E-state index in [1.165, 1.54) is 6.20 Å². The second kappa shape index (κ2) is 5.23. The number of halogens is 3. The largest absolute Gasteiger partial charge is 0.490 e. The van der Waals surface area contributed by atoms with E-state index in [4.69, 9.17) is 4.74 Å². The minimum atomic E-state index is -4.11. The van der Waals surface area contributed by atoms with Crippen molar-refractivity contribution in [2.45, 2.75) is 38.9 Å². The lowest BCUT2D eigenvalue weighted by Crippen LogP contribution is -2.09. The highest BCUT2D eigenvalue weighted by atomic mass is 19.4. The van der Waals surface area contributed by atoms with Crippen LogP contribution in [-0.2, 0) is 0 Å². The average Bonchev–Trinajstić information content (AvgIpc) is 2.59. The Balaban J connectivity index is 2.27. The highest BCUT2D eigenvalue weighted by Gasteiger charge is 2.26. The molecule has 0 atom stereocenters. The molecule has 1 heterocycles. The Bertz CT molecular complexity index is 320. The lowest BCUT2D eigenvalue weighted by atomic mass is 10.3. The van der Waals surface area contributed by atoms with Gasteiger partial charge in [0.15, 0.2) is 5.75 Å². The van der Waals surface area contributed by atoms with Crippen molar-refractivity contribution >= 4 is 0 Å². The fourth-order valence-electron chi connectivity index (χ4n) is 1.14. The van der Waals surface area contributed by atoms with E-state index < -0.39 is 12.6 Å². The molecule has 0 unspecified atom stereocenters. The Morgan fingerprint density at radius 3 is 2.62 bits per heavy atom. The van der Waals surface area contributed by atoms with Crippen molar-refractivity contribution in [2.75, 3.05) is 6.61 Å². The van der Waals surface area contributed by atoms with Gasteiger partial charge in [-0.2, -0.15) is 18.3 Å². The quantitative estimate of drug-likeness (QED) is 0.734. The summed E-state index contributed by atoms with van der Waals surface area (Å²) < 4.78 is 42.3. The maximum absolute atomic E-state index is 11.8. The lowest BCUT2D eigenvalue weighted by Gasteiger charge is -2.06. The summed E-state index contributed by atoms with van der Waals surface area (Å²) in [7, 11) is 0. The van der Waals surface area contributed by atoms with Crippen molar-refractivity contribution in [3.63, 3.8) is 0 Å². The predicted molar refractivity (Wildman–Crippen MR) is 53.4 cm³/mol. The van der Waals surface area contributed by atoms with Crippen LogP contribution in [0.15, 0.2) is 12.4 Å². The van der Waals surface area contributed by atoms with E-state index in [1.54, 1.807) is 10.9 Å². The van der Waals surface area contributed by atoms with E-state index in [1.807, 2.05) is 13.8 Å². The molecule has 0 saturated heterocycles. The first-order chi connectivity index (χ1) is 7.38. The molecule has 0 N–H and O–H groups in total. The van der Waals surface area contributed by atoms with Gasteiger partial charge < -0.3 is 4.74 Å². The zero-order chi connectivity index (χ0) is 12.2. The molecule has 0 aliphatic heterocycles. The predicted octanol–water partition coefficient (Wildman–Crippen LogP) is 3.19. The monoisotopic (exact) mass is 236 g/mol. The van der Waals surface area contributed by atoms with E-state index in [0.717, 1.165) is 0 Å². The van der Waals surface area contributed by atoms with Crippen LogP contribution in [0.2, 0.25) is 0 Å². The summed E-state index contributed by atoms with van der Waals surface area (Å²) in [5.41, 5.74) is 0. The van der Waals surface area contributed by atoms with Gasteiger partial charge in [-0.1, -0.05) is 0 Å². The van der Waals surface area contributed by atoms with Gasteiger partial charge in [0, 0.05) is 12.5 Å². The van der Waals surface area contributed by atoms with Crippen LogP contribution >= 0.6 is 0 Å². The summed E-state index contributed by atoms with van der Waals surface area (Å²) in [5.74, 6) is 0.510. The van der Waals surface area contributed by atoms with Gasteiger partial charge in [0.05, 0.1) is 19.0 Å². The standard InChI is InChI=1S/C10H15F3N2O/c1-8(2)15-7-9(6-14-15)16-5-3-4-10(11,12)13/h6-8H,3-5H2,1-2H3. The van der Waals surface area contributed by atoms with Gasteiger partial charge in [-0.25, -0.2) is 0 Å². The highest BCUT2D eigenvalue weighted by Crippen LogP contribution is 2.21. The lowest BCUT2D eigenvalue weighted by molar-refractivity contribution is -0.136. The van der Waals surface area contributed by atoms with Crippen molar-refractivity contribution in [3.05, 3.63) is 12.4 Å². The molecule has 1 aromatic rings. The molecule has 3 nitrogen and oxygen atoms in total. The topological polar surface area (TPSA) is 27.1 Å². The minimum Gasteiger partial charge on any atom is -0.490 e. The summed E-state index contributed by atoms with van der Waals surface area (Å²) >= 11 is 0. The third-order valence-electron chi connectivity index (χ3n) is 1.98. The van der Waals surface area contributed by atoms with Crippen LogP contribution in [0.5, 0.6) is 5.75 Å². The molecule has 1 rings (SSSR count). The van der Waals surface area contributed by atoms with Crippen molar-refractivity contribution in [1.29, 1.82) is 0 Å². The fourth-order valence-corrected chi connectivity index (χ4v) is 1.14. The van der Waals surface area contributed by atoms with Gasteiger partial charge in [0.25, 0.3) is 0 Å². The third kappa shape index (κ3) is 4.55. The zero-order valence-electron chi connectivity index (χ0n) is 9.29. The number of aromatic nitrogens is 2. The molecular weight excluding hydrogens is 221 g/mol. The van der Waals surface area contributed by atoms with Crippen molar-refractivity contribution < 1.29 is 17.9 Å². The molecule has 0 aliphatic rings. The van der Waals surface area contributed by atoms with Gasteiger partial charge in [0.2, 0.25) is 0 Å². The number of ether oxygens (including phenoxy) is 1. The zero-order valence-corrected chi connectivity index (χ0v) is 9.29. The molecule has 0 saturated carbocycles. The molecular formula is C10H15F3N2O. The Morgan fingerprint density at radius 2 is 2.12 bits per heavy atom. The van der Waals surface area contributed by atoms with Crippen LogP contribution in [0.3, 0.4) is 0 Å². The van der Waals surface area contributed by atoms with E-state index in [2.05, 4.69) is 5.10 Å². The van der Waals surface area contributed by atoms with Gasteiger partial charge in [-0.3, -0.25) is 4.68 Å². The maximum atomic E-state index is 11.8.